The summed E-state index contributed by atoms with van der Waals surface area (Å²) in [6.07, 6.45) is 3.73. The molecule has 2 aliphatic heterocycles. The van der Waals surface area contributed by atoms with Gasteiger partial charge in [0.1, 0.15) is 4.21 Å². The number of fused-ring (bicyclic) bond motifs is 2. The predicted molar refractivity (Wildman–Crippen MR) is 84.8 cm³/mol. The highest BCUT2D eigenvalue weighted by Crippen LogP contribution is 2.44. The van der Waals surface area contributed by atoms with E-state index < -0.39 is 10.0 Å². The summed E-state index contributed by atoms with van der Waals surface area (Å²) in [6.45, 7) is 0. The fourth-order valence-electron chi connectivity index (χ4n) is 3.02. The highest BCUT2D eigenvalue weighted by atomic mass is 79.9. The van der Waals surface area contributed by atoms with Crippen LogP contribution in [-0.2, 0) is 10.0 Å². The lowest BCUT2D eigenvalue weighted by Crippen LogP contribution is -2.46. The fourth-order valence-corrected chi connectivity index (χ4v) is 8.28. The monoisotopic (exact) mass is 447 g/mol. The van der Waals surface area contributed by atoms with Gasteiger partial charge in [0, 0.05) is 16.9 Å². The maximum absolute atomic E-state index is 12.8. The average Bonchev–Trinajstić information content (AvgIpc) is 2.80. The first-order valence-corrected chi connectivity index (χ1v) is 10.4. The molecule has 0 spiro atoms. The van der Waals surface area contributed by atoms with Gasteiger partial charge in [-0.2, -0.15) is 4.31 Å². The molecule has 2 fully saturated rings. The number of hydrogen-bond acceptors (Lipinski definition) is 3. The Morgan fingerprint density at radius 2 is 1.89 bits per heavy atom. The highest BCUT2D eigenvalue weighted by molar-refractivity contribution is 9.11. The van der Waals surface area contributed by atoms with Crippen LogP contribution in [-0.4, -0.2) is 29.6 Å². The zero-order valence-electron chi connectivity index (χ0n) is 9.85. The summed E-state index contributed by atoms with van der Waals surface area (Å²) in [5.74, 6) is 0. The normalized spacial score (nSPS) is 31.8. The molecule has 8 heteroatoms. The van der Waals surface area contributed by atoms with Crippen molar-refractivity contribution in [1.29, 1.82) is 0 Å². The van der Waals surface area contributed by atoms with Gasteiger partial charge in [-0.3, -0.25) is 0 Å². The minimum atomic E-state index is -3.41. The third-order valence-electron chi connectivity index (χ3n) is 3.76. The van der Waals surface area contributed by atoms with Crippen molar-refractivity contribution in [2.24, 2.45) is 0 Å². The van der Waals surface area contributed by atoms with Gasteiger partial charge in [-0.15, -0.1) is 11.3 Å². The molecule has 0 radical (unpaired) electrons. The second-order valence-electron chi connectivity index (χ2n) is 4.98. The van der Waals surface area contributed by atoms with Crippen LogP contribution in [0.5, 0.6) is 0 Å². The molecule has 1 aromatic heterocycles. The van der Waals surface area contributed by atoms with E-state index in [1.807, 2.05) is 0 Å². The number of halogens is 3. The van der Waals surface area contributed by atoms with E-state index in [4.69, 9.17) is 11.6 Å². The Morgan fingerprint density at radius 1 is 1.32 bits per heavy atom. The second-order valence-corrected chi connectivity index (χ2v) is 11.1. The number of rotatable bonds is 2. The molecule has 3 rings (SSSR count). The quantitative estimate of drug-likeness (QED) is 0.634. The van der Waals surface area contributed by atoms with E-state index in [9.17, 15) is 8.42 Å². The number of hydrogen-bond donors (Lipinski definition) is 0. The molecular weight excluding hydrogens is 438 g/mol. The van der Waals surface area contributed by atoms with Crippen LogP contribution < -0.4 is 0 Å². The Kier molecular flexibility index (Phi) is 4.08. The number of nitrogens with zero attached hydrogens (tertiary/aromatic N) is 1. The summed E-state index contributed by atoms with van der Waals surface area (Å²) in [7, 11) is -3.41. The van der Waals surface area contributed by atoms with Gasteiger partial charge >= 0.3 is 0 Å². The molecule has 3 heterocycles. The summed E-state index contributed by atoms with van der Waals surface area (Å²) >= 11 is 14.1. The summed E-state index contributed by atoms with van der Waals surface area (Å²) in [6, 6.07) is 1.81. The molecule has 106 valence electrons. The van der Waals surface area contributed by atoms with E-state index in [-0.39, 0.29) is 12.1 Å². The smallest absolute Gasteiger partial charge is 0.206 e. The van der Waals surface area contributed by atoms with Crippen molar-refractivity contribution in [2.75, 3.05) is 0 Å². The Bertz CT molecular complexity index is 570. The molecule has 0 N–H and O–H groups in total. The van der Waals surface area contributed by atoms with Gasteiger partial charge in [0.05, 0.1) is 8.81 Å². The van der Waals surface area contributed by atoms with Gasteiger partial charge < -0.3 is 0 Å². The van der Waals surface area contributed by atoms with E-state index >= 15 is 0 Å². The maximum Gasteiger partial charge on any atom is 0.253 e. The lowest BCUT2D eigenvalue weighted by atomic mass is 10.1. The SMILES string of the molecule is O=S(=O)(c1cc(Cl)c(Br)s1)N1C2CCC1CC(Br)C2. The molecule has 2 bridgehead atoms. The standard InChI is InChI=1S/C11H12Br2ClNO2S2/c12-6-3-7-1-2-8(4-6)15(7)19(16,17)10-5-9(14)11(13)18-10/h5-8H,1-4H2. The maximum atomic E-state index is 12.8. The van der Waals surface area contributed by atoms with Crippen molar-refractivity contribution in [1.82, 2.24) is 4.31 Å². The van der Waals surface area contributed by atoms with Crippen LogP contribution in [0.25, 0.3) is 0 Å². The molecule has 2 saturated heterocycles. The molecule has 2 unspecified atom stereocenters. The Labute approximate surface area is 138 Å². The van der Waals surface area contributed by atoms with E-state index in [1.165, 1.54) is 11.3 Å². The van der Waals surface area contributed by atoms with Gasteiger partial charge in [0.15, 0.2) is 0 Å². The van der Waals surface area contributed by atoms with Crippen molar-refractivity contribution < 1.29 is 8.42 Å². The fraction of sp³-hybridized carbons (Fsp3) is 0.636. The van der Waals surface area contributed by atoms with Crippen molar-refractivity contribution in [3.8, 4) is 0 Å². The molecule has 1 aromatic rings. The van der Waals surface area contributed by atoms with Gasteiger partial charge in [-0.05, 0) is 47.7 Å². The molecule has 0 saturated carbocycles. The first-order valence-electron chi connectivity index (χ1n) is 6.02. The minimum Gasteiger partial charge on any atom is -0.206 e. The number of alkyl halides is 1. The Balaban J connectivity index is 1.97. The summed E-state index contributed by atoms with van der Waals surface area (Å²) < 4.78 is 28.3. The molecule has 0 aromatic carbocycles. The molecular formula is C11H12Br2ClNO2S2. The van der Waals surface area contributed by atoms with Crippen LogP contribution in [0.2, 0.25) is 5.02 Å². The van der Waals surface area contributed by atoms with Crippen LogP contribution in [0.3, 0.4) is 0 Å². The van der Waals surface area contributed by atoms with Crippen LogP contribution in [0, 0.1) is 0 Å². The van der Waals surface area contributed by atoms with E-state index in [2.05, 4.69) is 31.9 Å². The van der Waals surface area contributed by atoms with E-state index in [0.717, 1.165) is 25.7 Å². The topological polar surface area (TPSA) is 37.4 Å². The summed E-state index contributed by atoms with van der Waals surface area (Å²) in [5.41, 5.74) is 0. The van der Waals surface area contributed by atoms with Gasteiger partial charge in [-0.25, -0.2) is 8.42 Å². The van der Waals surface area contributed by atoms with E-state index in [0.29, 0.717) is 17.8 Å². The third-order valence-corrected chi connectivity index (χ3v) is 9.44. The van der Waals surface area contributed by atoms with Crippen LogP contribution >= 0.6 is 54.8 Å². The van der Waals surface area contributed by atoms with Crippen LogP contribution in [0.1, 0.15) is 25.7 Å². The number of piperidine rings is 1. The Hall–Kier alpha value is 0.860. The molecule has 2 aliphatic rings. The van der Waals surface area contributed by atoms with Crippen molar-refractivity contribution in [3.05, 3.63) is 14.9 Å². The predicted octanol–water partition coefficient (Wildman–Crippen LogP) is 4.24. The first-order chi connectivity index (χ1) is 8.89. The minimum absolute atomic E-state index is 0.132. The zero-order chi connectivity index (χ0) is 13.8. The van der Waals surface area contributed by atoms with Gasteiger partial charge in [0.2, 0.25) is 0 Å². The summed E-state index contributed by atoms with van der Waals surface area (Å²) in [5, 5.41) is 0.464. The second kappa shape index (κ2) is 5.25. The molecule has 19 heavy (non-hydrogen) atoms. The van der Waals surface area contributed by atoms with Gasteiger partial charge in [-0.1, -0.05) is 27.5 Å². The third kappa shape index (κ3) is 2.55. The number of sulfonamides is 1. The molecule has 0 aliphatic carbocycles. The Morgan fingerprint density at radius 3 is 2.37 bits per heavy atom. The largest absolute Gasteiger partial charge is 0.253 e. The summed E-state index contributed by atoms with van der Waals surface area (Å²) in [4.78, 5) is 0.440. The van der Waals surface area contributed by atoms with Crippen molar-refractivity contribution in [2.45, 2.75) is 46.8 Å². The molecule has 0 amide bonds. The van der Waals surface area contributed by atoms with Crippen molar-refractivity contribution >= 4 is 64.8 Å². The van der Waals surface area contributed by atoms with Crippen LogP contribution in [0.15, 0.2) is 14.1 Å². The molecule has 2 atom stereocenters. The van der Waals surface area contributed by atoms with Crippen LogP contribution in [0.4, 0.5) is 0 Å². The molecule has 3 nitrogen and oxygen atoms in total. The zero-order valence-corrected chi connectivity index (χ0v) is 15.4. The lowest BCUT2D eigenvalue weighted by molar-refractivity contribution is 0.255. The lowest BCUT2D eigenvalue weighted by Gasteiger charge is -2.35. The number of thiophene rings is 1. The van der Waals surface area contributed by atoms with Crippen molar-refractivity contribution in [3.63, 3.8) is 0 Å². The van der Waals surface area contributed by atoms with Gasteiger partial charge in [0.25, 0.3) is 10.0 Å². The average molecular weight is 450 g/mol. The van der Waals surface area contributed by atoms with E-state index in [1.54, 1.807) is 10.4 Å². The highest BCUT2D eigenvalue weighted by Gasteiger charge is 2.47. The first kappa shape index (κ1) is 14.8.